The largest absolute Gasteiger partial charge is 0.508 e. The second-order valence-electron chi connectivity index (χ2n) is 9.04. The quantitative estimate of drug-likeness (QED) is 0.619. The van der Waals surface area contributed by atoms with Crippen molar-refractivity contribution >= 4 is 33.1 Å². The zero-order valence-corrected chi connectivity index (χ0v) is 18.4. The lowest BCUT2D eigenvalue weighted by molar-refractivity contribution is -0.119. The molecule has 4 rings (SSSR count). The Labute approximate surface area is 178 Å². The Morgan fingerprint density at radius 3 is 2.67 bits per heavy atom. The number of rotatable bonds is 3. The monoisotopic (exact) mass is 426 g/mol. The molecule has 2 atom stereocenters. The first-order chi connectivity index (χ1) is 14.1. The predicted molar refractivity (Wildman–Crippen MR) is 118 cm³/mol. The van der Waals surface area contributed by atoms with Crippen molar-refractivity contribution in [2.24, 2.45) is 11.3 Å². The number of nitrogens with one attached hydrogen (secondary N) is 1. The van der Waals surface area contributed by atoms with Crippen LogP contribution in [0.2, 0.25) is 0 Å². The van der Waals surface area contributed by atoms with Gasteiger partial charge in [0.05, 0.1) is 5.39 Å². The second-order valence-corrected chi connectivity index (χ2v) is 10.1. The van der Waals surface area contributed by atoms with Gasteiger partial charge in [-0.05, 0) is 67.3 Å². The first kappa shape index (κ1) is 20.5. The molecule has 1 amide bonds. The van der Waals surface area contributed by atoms with E-state index in [0.29, 0.717) is 21.8 Å². The van der Waals surface area contributed by atoms with Crippen LogP contribution in [0.25, 0.3) is 10.2 Å². The van der Waals surface area contributed by atoms with E-state index >= 15 is 0 Å². The molecule has 0 saturated heterocycles. The van der Waals surface area contributed by atoms with Crippen molar-refractivity contribution < 1.29 is 9.90 Å². The number of carbonyl (C=O) groups excluding carboxylic acids is 1. The number of benzene rings is 1. The van der Waals surface area contributed by atoms with Crippen LogP contribution in [0.3, 0.4) is 0 Å². The minimum Gasteiger partial charge on any atom is -0.508 e. The van der Waals surface area contributed by atoms with Gasteiger partial charge in [-0.1, -0.05) is 26.0 Å². The molecule has 1 aliphatic carbocycles. The Kier molecular flexibility index (Phi) is 5.13. The zero-order valence-electron chi connectivity index (χ0n) is 17.6. The highest BCUT2D eigenvalue weighted by Crippen LogP contribution is 2.41. The van der Waals surface area contributed by atoms with Gasteiger partial charge in [-0.15, -0.1) is 16.4 Å². The number of aryl methyl sites for hydroxylation is 1. The van der Waals surface area contributed by atoms with Crippen molar-refractivity contribution in [3.05, 3.63) is 45.1 Å². The van der Waals surface area contributed by atoms with Crippen molar-refractivity contribution in [2.75, 3.05) is 5.32 Å². The van der Waals surface area contributed by atoms with E-state index in [1.54, 1.807) is 30.4 Å². The number of phenolic OH excluding ortho intramolecular Hbond substituents is 1. The Bertz CT molecular complexity index is 1160. The number of amides is 1. The van der Waals surface area contributed by atoms with Crippen LogP contribution < -0.4 is 10.9 Å². The van der Waals surface area contributed by atoms with E-state index in [-0.39, 0.29) is 22.6 Å². The molecule has 1 aliphatic rings. The first-order valence-corrected chi connectivity index (χ1v) is 11.0. The van der Waals surface area contributed by atoms with Crippen LogP contribution in [0, 0.1) is 11.3 Å². The molecule has 30 heavy (non-hydrogen) atoms. The minimum atomic E-state index is -0.815. The SMILES string of the molecule is CC(C(=O)Nc1ccc(O)cc1)n1nnc2sc3c(c2c1=O)CCC(C(C)(C)C)C3. The molecule has 0 saturated carbocycles. The summed E-state index contributed by atoms with van der Waals surface area (Å²) in [6.45, 7) is 8.41. The third kappa shape index (κ3) is 3.71. The van der Waals surface area contributed by atoms with Crippen molar-refractivity contribution in [3.63, 3.8) is 0 Å². The highest BCUT2D eigenvalue weighted by Gasteiger charge is 2.32. The summed E-state index contributed by atoms with van der Waals surface area (Å²) >= 11 is 1.56. The van der Waals surface area contributed by atoms with Crippen molar-refractivity contribution in [1.82, 2.24) is 15.0 Å². The summed E-state index contributed by atoms with van der Waals surface area (Å²) in [6.07, 6.45) is 2.85. The molecule has 2 aromatic heterocycles. The smallest absolute Gasteiger partial charge is 0.279 e. The molecular formula is C22H26N4O3S. The highest BCUT2D eigenvalue weighted by atomic mass is 32.1. The molecule has 0 bridgehead atoms. The van der Waals surface area contributed by atoms with E-state index in [4.69, 9.17) is 0 Å². The molecule has 2 heterocycles. The molecule has 0 aliphatic heterocycles. The van der Waals surface area contributed by atoms with E-state index in [1.807, 2.05) is 0 Å². The average molecular weight is 427 g/mol. The molecule has 0 spiro atoms. The number of phenols is 1. The summed E-state index contributed by atoms with van der Waals surface area (Å²) < 4.78 is 1.17. The average Bonchev–Trinajstić information content (AvgIpc) is 3.07. The predicted octanol–water partition coefficient (Wildman–Crippen LogP) is 3.91. The fourth-order valence-corrected chi connectivity index (χ4v) is 5.24. The Hall–Kier alpha value is -2.74. The van der Waals surface area contributed by atoms with Crippen LogP contribution in [-0.4, -0.2) is 26.0 Å². The lowest BCUT2D eigenvalue weighted by atomic mass is 9.72. The lowest BCUT2D eigenvalue weighted by Crippen LogP contribution is -2.34. The first-order valence-electron chi connectivity index (χ1n) is 10.1. The number of anilines is 1. The standard InChI is InChI=1S/C22H26N4O3S/c1-12(19(28)23-14-6-8-15(27)9-7-14)26-21(29)18-16-10-5-13(22(2,3)4)11-17(16)30-20(18)24-25-26/h6-9,12-13,27H,5,10-11H2,1-4H3,(H,23,28). The molecule has 8 heteroatoms. The fraction of sp³-hybridized carbons (Fsp3) is 0.455. The number of fused-ring (bicyclic) bond motifs is 3. The van der Waals surface area contributed by atoms with Gasteiger partial charge in [0.25, 0.3) is 5.56 Å². The van der Waals surface area contributed by atoms with Crippen LogP contribution in [0.5, 0.6) is 5.75 Å². The van der Waals surface area contributed by atoms with Gasteiger partial charge in [0, 0.05) is 10.6 Å². The number of carbonyl (C=O) groups is 1. The van der Waals surface area contributed by atoms with Crippen molar-refractivity contribution in [2.45, 2.75) is 53.0 Å². The molecular weight excluding hydrogens is 400 g/mol. The van der Waals surface area contributed by atoms with Crippen molar-refractivity contribution in [3.8, 4) is 5.75 Å². The van der Waals surface area contributed by atoms with Gasteiger partial charge in [-0.3, -0.25) is 9.59 Å². The van der Waals surface area contributed by atoms with E-state index in [0.717, 1.165) is 24.8 Å². The molecule has 1 aromatic carbocycles. The van der Waals surface area contributed by atoms with Crippen LogP contribution in [0.15, 0.2) is 29.1 Å². The van der Waals surface area contributed by atoms with Crippen LogP contribution in [0.1, 0.15) is 50.6 Å². The van der Waals surface area contributed by atoms with E-state index < -0.39 is 6.04 Å². The highest BCUT2D eigenvalue weighted by molar-refractivity contribution is 7.18. The molecule has 7 nitrogen and oxygen atoms in total. The van der Waals surface area contributed by atoms with Crippen LogP contribution in [0.4, 0.5) is 5.69 Å². The summed E-state index contributed by atoms with van der Waals surface area (Å²) in [5.41, 5.74) is 1.57. The van der Waals surface area contributed by atoms with Gasteiger partial charge in [0.2, 0.25) is 5.91 Å². The molecule has 2 N–H and O–H groups in total. The number of hydrogen-bond acceptors (Lipinski definition) is 6. The lowest BCUT2D eigenvalue weighted by Gasteiger charge is -2.33. The summed E-state index contributed by atoms with van der Waals surface area (Å²) in [5, 5.41) is 21.1. The molecule has 0 radical (unpaired) electrons. The molecule has 158 valence electrons. The van der Waals surface area contributed by atoms with Crippen LogP contribution in [-0.2, 0) is 17.6 Å². The Morgan fingerprint density at radius 1 is 1.30 bits per heavy atom. The van der Waals surface area contributed by atoms with Gasteiger partial charge < -0.3 is 10.4 Å². The Morgan fingerprint density at radius 2 is 2.00 bits per heavy atom. The minimum absolute atomic E-state index is 0.115. The zero-order chi connectivity index (χ0) is 21.6. The number of nitrogens with zero attached hydrogens (tertiary/aromatic N) is 3. The molecule has 3 aromatic rings. The van der Waals surface area contributed by atoms with E-state index in [9.17, 15) is 14.7 Å². The summed E-state index contributed by atoms with van der Waals surface area (Å²) in [5.74, 6) is 0.320. The van der Waals surface area contributed by atoms with Crippen molar-refractivity contribution in [1.29, 1.82) is 0 Å². The topological polar surface area (TPSA) is 97.1 Å². The maximum atomic E-state index is 13.2. The Balaban J connectivity index is 1.64. The third-order valence-electron chi connectivity index (χ3n) is 6.01. The number of thiophene rings is 1. The van der Waals surface area contributed by atoms with Crippen LogP contribution >= 0.6 is 11.3 Å². The van der Waals surface area contributed by atoms with Gasteiger partial charge in [0.15, 0.2) is 4.83 Å². The van der Waals surface area contributed by atoms with E-state index in [1.165, 1.54) is 21.7 Å². The molecule has 0 fully saturated rings. The van der Waals surface area contributed by atoms with E-state index in [2.05, 4.69) is 36.4 Å². The second kappa shape index (κ2) is 7.50. The van der Waals surface area contributed by atoms with Gasteiger partial charge in [0.1, 0.15) is 11.8 Å². The number of aromatic nitrogens is 3. The van der Waals surface area contributed by atoms with Gasteiger partial charge in [-0.25, -0.2) is 0 Å². The summed E-state index contributed by atoms with van der Waals surface area (Å²) in [7, 11) is 0. The maximum Gasteiger partial charge on any atom is 0.279 e. The summed E-state index contributed by atoms with van der Waals surface area (Å²) in [6, 6.07) is 5.35. The van der Waals surface area contributed by atoms with Gasteiger partial charge in [-0.2, -0.15) is 4.68 Å². The number of hydrogen-bond donors (Lipinski definition) is 2. The third-order valence-corrected chi connectivity index (χ3v) is 7.15. The van der Waals surface area contributed by atoms with Gasteiger partial charge >= 0.3 is 0 Å². The fourth-order valence-electron chi connectivity index (χ4n) is 4.00. The molecule has 2 unspecified atom stereocenters. The normalized spacial score (nSPS) is 17.5. The summed E-state index contributed by atoms with van der Waals surface area (Å²) in [4.78, 5) is 27.8. The number of aromatic hydroxyl groups is 1. The maximum absolute atomic E-state index is 13.2.